The number of hydrogen-bond acceptors (Lipinski definition) is 3. The maximum absolute atomic E-state index is 12.1. The van der Waals surface area contributed by atoms with Crippen molar-refractivity contribution >= 4 is 11.9 Å². The summed E-state index contributed by atoms with van der Waals surface area (Å²) in [6, 6.07) is 7.53. The fourth-order valence-corrected chi connectivity index (χ4v) is 2.05. The van der Waals surface area contributed by atoms with Gasteiger partial charge in [-0.05, 0) is 38.5 Å². The molecule has 1 heterocycles. The van der Waals surface area contributed by atoms with Crippen LogP contribution in [0.25, 0.3) is 0 Å². The molecule has 1 saturated heterocycles. The molecule has 1 aliphatic heterocycles. The molecule has 0 bridgehead atoms. The van der Waals surface area contributed by atoms with Gasteiger partial charge in [0.1, 0.15) is 11.3 Å². The Balaban J connectivity index is 2.25. The first-order chi connectivity index (χ1) is 9.10. The highest BCUT2D eigenvalue weighted by molar-refractivity contribution is 6.09. The number of rotatable bonds is 4. The van der Waals surface area contributed by atoms with Gasteiger partial charge in [0.25, 0.3) is 5.91 Å². The van der Waals surface area contributed by atoms with E-state index in [9.17, 15) is 4.79 Å². The molecule has 19 heavy (non-hydrogen) atoms. The molecule has 5 heteroatoms. The van der Waals surface area contributed by atoms with E-state index in [-0.39, 0.29) is 5.91 Å². The third-order valence-corrected chi connectivity index (χ3v) is 3.11. The zero-order chi connectivity index (χ0) is 13.9. The highest BCUT2D eigenvalue weighted by Gasteiger charge is 2.42. The smallest absolute Gasteiger partial charge is 0.256 e. The van der Waals surface area contributed by atoms with Crippen molar-refractivity contribution in [2.45, 2.75) is 26.3 Å². The van der Waals surface area contributed by atoms with E-state index in [0.29, 0.717) is 19.1 Å². The molecule has 1 unspecified atom stereocenters. The Kier molecular flexibility index (Phi) is 3.74. The average Bonchev–Trinajstić information content (AvgIpc) is 2.67. The molecule has 102 valence electrons. The van der Waals surface area contributed by atoms with Crippen LogP contribution in [0.15, 0.2) is 29.3 Å². The lowest BCUT2D eigenvalue weighted by atomic mass is 9.92. The van der Waals surface area contributed by atoms with E-state index >= 15 is 0 Å². The van der Waals surface area contributed by atoms with Gasteiger partial charge in [0.05, 0.1) is 6.61 Å². The number of benzene rings is 1. The van der Waals surface area contributed by atoms with Gasteiger partial charge in [-0.1, -0.05) is 12.1 Å². The molecule has 0 aromatic heterocycles. The highest BCUT2D eigenvalue weighted by atomic mass is 16.5. The summed E-state index contributed by atoms with van der Waals surface area (Å²) < 4.78 is 5.40. The molecule has 0 saturated carbocycles. The second-order valence-corrected chi connectivity index (χ2v) is 4.48. The standard InChI is InChI=1S/C14H19N3O2/c1-4-15-13-16-12(18)14(3,17-13)10-6-8-11(9-7-10)19-5-2/h6-9H,4-5H2,1-3H3,(H2,15,16,17,18). The summed E-state index contributed by atoms with van der Waals surface area (Å²) in [5.74, 6) is 1.24. The number of hydrogen-bond donors (Lipinski definition) is 2. The summed E-state index contributed by atoms with van der Waals surface area (Å²) >= 11 is 0. The Morgan fingerprint density at radius 2 is 1.95 bits per heavy atom. The number of carbonyl (C=O) groups is 1. The van der Waals surface area contributed by atoms with Crippen LogP contribution in [0, 0.1) is 0 Å². The van der Waals surface area contributed by atoms with Crippen LogP contribution in [-0.4, -0.2) is 25.0 Å². The van der Waals surface area contributed by atoms with Crippen molar-refractivity contribution in [1.82, 2.24) is 10.6 Å². The van der Waals surface area contributed by atoms with Gasteiger partial charge in [0.2, 0.25) is 0 Å². The van der Waals surface area contributed by atoms with Crippen LogP contribution >= 0.6 is 0 Å². The molecule has 0 aliphatic carbocycles. The Hall–Kier alpha value is -2.04. The third-order valence-electron chi connectivity index (χ3n) is 3.11. The van der Waals surface area contributed by atoms with Crippen molar-refractivity contribution in [2.24, 2.45) is 4.99 Å². The van der Waals surface area contributed by atoms with Gasteiger partial charge in [0, 0.05) is 6.54 Å². The molecule has 1 atom stereocenters. The first kappa shape index (κ1) is 13.4. The molecular weight excluding hydrogens is 242 g/mol. The monoisotopic (exact) mass is 261 g/mol. The number of guanidine groups is 1. The predicted octanol–water partition coefficient (Wildman–Crippen LogP) is 1.40. The van der Waals surface area contributed by atoms with E-state index in [1.165, 1.54) is 0 Å². The van der Waals surface area contributed by atoms with Gasteiger partial charge in [-0.15, -0.1) is 0 Å². The first-order valence-electron chi connectivity index (χ1n) is 6.47. The van der Waals surface area contributed by atoms with Crippen LogP contribution in [0.1, 0.15) is 26.3 Å². The van der Waals surface area contributed by atoms with E-state index in [1.54, 1.807) is 0 Å². The van der Waals surface area contributed by atoms with E-state index in [2.05, 4.69) is 15.6 Å². The molecular formula is C14H19N3O2. The number of ether oxygens (including phenoxy) is 1. The molecule has 1 fully saturated rings. The molecule has 1 aromatic carbocycles. The van der Waals surface area contributed by atoms with Crippen LogP contribution in [0.4, 0.5) is 0 Å². The number of aliphatic imine (C=N–C) groups is 1. The summed E-state index contributed by atoms with van der Waals surface area (Å²) in [7, 11) is 0. The number of carbonyl (C=O) groups excluding carboxylic acids is 1. The Morgan fingerprint density at radius 1 is 1.26 bits per heavy atom. The van der Waals surface area contributed by atoms with Gasteiger partial charge in [0.15, 0.2) is 5.96 Å². The minimum Gasteiger partial charge on any atom is -0.494 e. The molecule has 1 aliphatic rings. The van der Waals surface area contributed by atoms with E-state index in [1.807, 2.05) is 45.0 Å². The van der Waals surface area contributed by atoms with Crippen LogP contribution in [0.2, 0.25) is 0 Å². The normalized spacial score (nSPS) is 24.2. The average molecular weight is 261 g/mol. The van der Waals surface area contributed by atoms with E-state index < -0.39 is 5.54 Å². The lowest BCUT2D eigenvalue weighted by Crippen LogP contribution is -2.40. The Morgan fingerprint density at radius 3 is 2.53 bits per heavy atom. The Bertz CT molecular complexity index is 496. The van der Waals surface area contributed by atoms with Gasteiger partial charge in [-0.3, -0.25) is 15.1 Å². The van der Waals surface area contributed by atoms with Crippen molar-refractivity contribution in [1.29, 1.82) is 0 Å². The van der Waals surface area contributed by atoms with E-state index in [0.717, 1.165) is 11.3 Å². The molecule has 2 N–H and O–H groups in total. The van der Waals surface area contributed by atoms with Crippen LogP contribution in [0.3, 0.4) is 0 Å². The summed E-state index contributed by atoms with van der Waals surface area (Å²) in [6.45, 7) is 6.96. The lowest BCUT2D eigenvalue weighted by molar-refractivity contribution is -0.123. The summed E-state index contributed by atoms with van der Waals surface area (Å²) in [4.78, 5) is 16.3. The maximum atomic E-state index is 12.1. The summed E-state index contributed by atoms with van der Waals surface area (Å²) in [5, 5.41) is 5.89. The second kappa shape index (κ2) is 5.30. The molecule has 5 nitrogen and oxygen atoms in total. The van der Waals surface area contributed by atoms with Crippen molar-refractivity contribution in [3.05, 3.63) is 29.8 Å². The van der Waals surface area contributed by atoms with Gasteiger partial charge < -0.3 is 10.1 Å². The van der Waals surface area contributed by atoms with E-state index in [4.69, 9.17) is 4.74 Å². The fourth-order valence-electron chi connectivity index (χ4n) is 2.05. The zero-order valence-corrected chi connectivity index (χ0v) is 11.5. The van der Waals surface area contributed by atoms with Gasteiger partial charge in [-0.2, -0.15) is 0 Å². The number of amides is 1. The molecule has 2 rings (SSSR count). The third kappa shape index (κ3) is 2.54. The fraction of sp³-hybridized carbons (Fsp3) is 0.429. The zero-order valence-electron chi connectivity index (χ0n) is 11.5. The number of nitrogens with zero attached hydrogens (tertiary/aromatic N) is 1. The van der Waals surface area contributed by atoms with Gasteiger partial charge >= 0.3 is 0 Å². The largest absolute Gasteiger partial charge is 0.494 e. The van der Waals surface area contributed by atoms with Crippen LogP contribution in [-0.2, 0) is 10.3 Å². The minimum atomic E-state index is -0.779. The van der Waals surface area contributed by atoms with Crippen molar-refractivity contribution in [2.75, 3.05) is 13.2 Å². The topological polar surface area (TPSA) is 62.7 Å². The minimum absolute atomic E-state index is 0.0936. The van der Waals surface area contributed by atoms with Crippen molar-refractivity contribution < 1.29 is 9.53 Å². The van der Waals surface area contributed by atoms with Gasteiger partial charge in [-0.25, -0.2) is 0 Å². The SMILES string of the molecule is CCN=C1NC(=O)C(C)(c2ccc(OCC)cc2)N1. The maximum Gasteiger partial charge on any atom is 0.256 e. The van der Waals surface area contributed by atoms with Crippen molar-refractivity contribution in [3.63, 3.8) is 0 Å². The highest BCUT2D eigenvalue weighted by Crippen LogP contribution is 2.26. The van der Waals surface area contributed by atoms with Crippen LogP contribution < -0.4 is 15.4 Å². The van der Waals surface area contributed by atoms with Crippen molar-refractivity contribution in [3.8, 4) is 5.75 Å². The first-order valence-corrected chi connectivity index (χ1v) is 6.47. The molecule has 1 aromatic rings. The Labute approximate surface area is 113 Å². The summed E-state index contributed by atoms with van der Waals surface area (Å²) in [5.41, 5.74) is 0.105. The lowest BCUT2D eigenvalue weighted by Gasteiger charge is -2.21. The predicted molar refractivity (Wildman–Crippen MR) is 74.2 cm³/mol. The number of nitrogens with one attached hydrogen (secondary N) is 2. The molecule has 0 radical (unpaired) electrons. The second-order valence-electron chi connectivity index (χ2n) is 4.48. The molecule has 0 spiro atoms. The quantitative estimate of drug-likeness (QED) is 0.861. The molecule has 1 amide bonds. The summed E-state index contributed by atoms with van der Waals surface area (Å²) in [6.07, 6.45) is 0. The van der Waals surface area contributed by atoms with Crippen LogP contribution in [0.5, 0.6) is 5.75 Å².